The van der Waals surface area contributed by atoms with Gasteiger partial charge in [0.1, 0.15) is 9.79 Å². The summed E-state index contributed by atoms with van der Waals surface area (Å²) in [6.45, 7) is 0. The monoisotopic (exact) mass is 364 g/mol. The Hall–Kier alpha value is -1.000. The van der Waals surface area contributed by atoms with Crippen molar-refractivity contribution in [2.24, 2.45) is 0 Å². The summed E-state index contributed by atoms with van der Waals surface area (Å²) in [5.74, 6) is 0. The summed E-state index contributed by atoms with van der Waals surface area (Å²) in [4.78, 5) is -0.592. The Balaban J connectivity index is 0.00000264. The van der Waals surface area contributed by atoms with Crippen molar-refractivity contribution >= 4 is 32.4 Å². The van der Waals surface area contributed by atoms with Crippen LogP contribution in [0.2, 0.25) is 0 Å². The Labute approximate surface area is 158 Å². The fourth-order valence-corrected chi connectivity index (χ4v) is 3.25. The van der Waals surface area contributed by atoms with E-state index >= 15 is 0 Å². The van der Waals surface area contributed by atoms with E-state index in [2.05, 4.69) is 0 Å². The van der Waals surface area contributed by atoms with Crippen LogP contribution in [0.1, 0.15) is 12.6 Å². The van der Waals surface area contributed by atoms with E-state index < -0.39 is 20.2 Å². The van der Waals surface area contributed by atoms with Crippen molar-refractivity contribution in [3.05, 3.63) is 59.7 Å². The normalized spacial score (nSPS) is 12.1. The Morgan fingerprint density at radius 2 is 1.00 bits per heavy atom. The van der Waals surface area contributed by atoms with E-state index in [-0.39, 0.29) is 51.9 Å². The standard InChI is InChI=1S/C14H12O6S2.Na.H/c15-21(16,17)13-7-3-1-5-11(13)9-10-12-6-2-4-8-14(12)22(18,19)20;;/h1-10H,(H,15,16,17)(H,18,19,20);;/q;+1;-1. The van der Waals surface area contributed by atoms with Crippen molar-refractivity contribution in [3.8, 4) is 0 Å². The van der Waals surface area contributed by atoms with Gasteiger partial charge in [-0.15, -0.1) is 0 Å². The maximum Gasteiger partial charge on any atom is 1.00 e. The van der Waals surface area contributed by atoms with E-state index in [1.165, 1.54) is 48.6 Å². The average Bonchev–Trinajstić information content (AvgIpc) is 2.44. The third-order valence-electron chi connectivity index (χ3n) is 2.84. The molecule has 118 valence electrons. The molecule has 23 heavy (non-hydrogen) atoms. The largest absolute Gasteiger partial charge is 1.00 e. The Bertz CT molecular complexity index is 862. The van der Waals surface area contributed by atoms with Crippen LogP contribution in [0.3, 0.4) is 0 Å². The van der Waals surface area contributed by atoms with Gasteiger partial charge in [-0.3, -0.25) is 9.11 Å². The molecule has 0 radical (unpaired) electrons. The second-order valence-electron chi connectivity index (χ2n) is 4.36. The molecule has 0 spiro atoms. The molecule has 2 rings (SSSR count). The molecule has 2 aromatic carbocycles. The van der Waals surface area contributed by atoms with Crippen LogP contribution in [0.5, 0.6) is 0 Å². The zero-order valence-electron chi connectivity index (χ0n) is 13.1. The van der Waals surface area contributed by atoms with Crippen molar-refractivity contribution < 1.29 is 56.9 Å². The van der Waals surface area contributed by atoms with Gasteiger partial charge in [0.25, 0.3) is 20.2 Å². The van der Waals surface area contributed by atoms with Crippen molar-refractivity contribution in [1.29, 1.82) is 0 Å². The molecule has 0 aliphatic carbocycles. The van der Waals surface area contributed by atoms with Gasteiger partial charge in [-0.1, -0.05) is 48.6 Å². The molecule has 0 aromatic heterocycles. The fourth-order valence-electron chi connectivity index (χ4n) is 1.89. The zero-order chi connectivity index (χ0) is 16.4. The van der Waals surface area contributed by atoms with Crippen LogP contribution < -0.4 is 29.6 Å². The molecular weight excluding hydrogens is 351 g/mol. The minimum absolute atomic E-state index is 0. The first-order chi connectivity index (χ1) is 10.2. The van der Waals surface area contributed by atoms with Crippen LogP contribution in [0.15, 0.2) is 58.3 Å². The Morgan fingerprint density at radius 1 is 0.696 bits per heavy atom. The zero-order valence-corrected chi connectivity index (χ0v) is 15.8. The van der Waals surface area contributed by atoms with Gasteiger partial charge in [-0.2, -0.15) is 16.8 Å². The molecule has 0 bridgehead atoms. The van der Waals surface area contributed by atoms with Crippen molar-refractivity contribution in [1.82, 2.24) is 0 Å². The summed E-state index contributed by atoms with van der Waals surface area (Å²) < 4.78 is 63.4. The first-order valence-electron chi connectivity index (χ1n) is 6.01. The molecule has 2 aromatic rings. The fraction of sp³-hybridized carbons (Fsp3) is 0. The van der Waals surface area contributed by atoms with Crippen LogP contribution in [-0.2, 0) is 20.2 Å². The van der Waals surface area contributed by atoms with E-state index in [1.807, 2.05) is 0 Å². The van der Waals surface area contributed by atoms with Gasteiger partial charge in [-0.05, 0) is 23.3 Å². The smallest absolute Gasteiger partial charge is 1.00 e. The van der Waals surface area contributed by atoms with E-state index in [9.17, 15) is 16.8 Å². The summed E-state index contributed by atoms with van der Waals surface area (Å²) in [5.41, 5.74) is 0.380. The van der Waals surface area contributed by atoms with E-state index in [1.54, 1.807) is 12.1 Å². The summed E-state index contributed by atoms with van der Waals surface area (Å²) >= 11 is 0. The van der Waals surface area contributed by atoms with E-state index in [0.717, 1.165) is 0 Å². The van der Waals surface area contributed by atoms with E-state index in [4.69, 9.17) is 9.11 Å². The molecule has 0 fully saturated rings. The SMILES string of the molecule is O=S(=O)(O)c1ccccc1C=Cc1ccccc1S(=O)(=O)O.[H-].[Na+]. The molecule has 0 saturated carbocycles. The third kappa shape index (κ3) is 5.25. The first kappa shape index (κ1) is 20.0. The second kappa shape index (κ2) is 7.71. The van der Waals surface area contributed by atoms with Gasteiger partial charge in [0.2, 0.25) is 0 Å². The molecule has 0 amide bonds. The van der Waals surface area contributed by atoms with Gasteiger partial charge in [-0.25, -0.2) is 0 Å². The average molecular weight is 364 g/mol. The van der Waals surface area contributed by atoms with Crippen LogP contribution in [0.4, 0.5) is 0 Å². The molecule has 0 unspecified atom stereocenters. The van der Waals surface area contributed by atoms with Gasteiger partial charge in [0.15, 0.2) is 0 Å². The van der Waals surface area contributed by atoms with Gasteiger partial charge in [0, 0.05) is 0 Å². The summed E-state index contributed by atoms with van der Waals surface area (Å²) in [6, 6.07) is 11.4. The topological polar surface area (TPSA) is 109 Å². The number of benzene rings is 2. The third-order valence-corrected chi connectivity index (χ3v) is 4.69. The van der Waals surface area contributed by atoms with Crippen molar-refractivity contribution in [3.63, 3.8) is 0 Å². The minimum atomic E-state index is -4.40. The predicted molar refractivity (Wildman–Crippen MR) is 82.6 cm³/mol. The second-order valence-corrected chi connectivity index (χ2v) is 7.14. The predicted octanol–water partition coefficient (Wildman–Crippen LogP) is -0.533. The van der Waals surface area contributed by atoms with E-state index in [0.29, 0.717) is 0 Å². The summed E-state index contributed by atoms with van der Waals surface area (Å²) in [6.07, 6.45) is 2.68. The molecule has 0 aliphatic rings. The molecule has 0 heterocycles. The van der Waals surface area contributed by atoms with Crippen molar-refractivity contribution in [2.75, 3.05) is 0 Å². The van der Waals surface area contributed by atoms with Gasteiger partial charge >= 0.3 is 29.6 Å². The molecule has 6 nitrogen and oxygen atoms in total. The number of hydrogen-bond acceptors (Lipinski definition) is 4. The van der Waals surface area contributed by atoms with Crippen LogP contribution >= 0.6 is 0 Å². The minimum Gasteiger partial charge on any atom is -1.00 e. The summed E-state index contributed by atoms with van der Waals surface area (Å²) in [7, 11) is -8.79. The maximum absolute atomic E-state index is 11.3. The maximum atomic E-state index is 11.3. The Kier molecular flexibility index (Phi) is 6.72. The molecule has 0 saturated heterocycles. The van der Waals surface area contributed by atoms with Crippen molar-refractivity contribution in [2.45, 2.75) is 9.79 Å². The first-order valence-corrected chi connectivity index (χ1v) is 8.89. The van der Waals surface area contributed by atoms with Crippen LogP contribution in [0.25, 0.3) is 12.2 Å². The molecule has 0 atom stereocenters. The summed E-state index contributed by atoms with van der Waals surface area (Å²) in [5, 5.41) is 0. The Morgan fingerprint density at radius 3 is 1.30 bits per heavy atom. The number of hydrogen-bond donors (Lipinski definition) is 2. The van der Waals surface area contributed by atoms with Crippen LogP contribution in [0, 0.1) is 0 Å². The molecule has 2 N–H and O–H groups in total. The van der Waals surface area contributed by atoms with Crippen LogP contribution in [-0.4, -0.2) is 25.9 Å². The number of rotatable bonds is 4. The molecule has 0 aliphatic heterocycles. The molecule has 9 heteroatoms. The van der Waals surface area contributed by atoms with Gasteiger partial charge in [0.05, 0.1) is 0 Å². The van der Waals surface area contributed by atoms with Gasteiger partial charge < -0.3 is 1.43 Å². The quantitative estimate of drug-likeness (QED) is 0.429. The molecular formula is C14H13NaO6S2.